The Hall–Kier alpha value is -1.82. The molecule has 0 spiro atoms. The molecule has 4 aliphatic carbocycles. The van der Waals surface area contributed by atoms with E-state index in [1.165, 1.54) is 44.3 Å². The summed E-state index contributed by atoms with van der Waals surface area (Å²) < 4.78 is 0. The number of nitrogens with one attached hydrogen (secondary N) is 1. The summed E-state index contributed by atoms with van der Waals surface area (Å²) in [6, 6.07) is 8.14. The van der Waals surface area contributed by atoms with Crippen LogP contribution in [0.15, 0.2) is 18.2 Å². The van der Waals surface area contributed by atoms with Gasteiger partial charge in [-0.25, -0.2) is 4.98 Å². The van der Waals surface area contributed by atoms with Crippen LogP contribution in [0.25, 0.3) is 11.0 Å². The molecule has 21 heavy (non-hydrogen) atoms. The molecular formula is C18H19N3. The van der Waals surface area contributed by atoms with Gasteiger partial charge in [0.15, 0.2) is 0 Å². The number of nitrogens with zero attached hydrogens (tertiary/aromatic N) is 2. The Morgan fingerprint density at radius 2 is 1.76 bits per heavy atom. The van der Waals surface area contributed by atoms with Gasteiger partial charge in [0.1, 0.15) is 17.4 Å². The molecule has 6 rings (SSSR count). The van der Waals surface area contributed by atoms with E-state index in [9.17, 15) is 5.26 Å². The number of fused-ring (bicyclic) bond motifs is 1. The number of hydrogen-bond acceptors (Lipinski definition) is 2. The van der Waals surface area contributed by atoms with E-state index in [2.05, 4.69) is 11.1 Å². The van der Waals surface area contributed by atoms with Gasteiger partial charge >= 0.3 is 0 Å². The van der Waals surface area contributed by atoms with E-state index in [-0.39, 0.29) is 5.41 Å². The van der Waals surface area contributed by atoms with Crippen molar-refractivity contribution in [3.63, 3.8) is 0 Å². The van der Waals surface area contributed by atoms with Crippen LogP contribution in [0.3, 0.4) is 0 Å². The van der Waals surface area contributed by atoms with Crippen LogP contribution < -0.4 is 0 Å². The summed E-state index contributed by atoms with van der Waals surface area (Å²) in [7, 11) is 0. The monoisotopic (exact) mass is 277 g/mol. The zero-order valence-corrected chi connectivity index (χ0v) is 12.1. The Kier molecular flexibility index (Phi) is 2.18. The number of nitriles is 1. The summed E-state index contributed by atoms with van der Waals surface area (Å²) in [5, 5.41) is 9.28. The fourth-order valence-electron chi connectivity index (χ4n) is 5.77. The molecule has 0 radical (unpaired) electrons. The standard InChI is InChI=1S/C18H19N3/c19-10-14-2-1-3-15-16(14)21-17(20-15)18-7-11-4-12(8-18)6-13(5-11)9-18/h1-3,11-13H,4-9H2,(H,20,21). The predicted molar refractivity (Wildman–Crippen MR) is 80.7 cm³/mol. The van der Waals surface area contributed by atoms with Crippen molar-refractivity contribution in [1.29, 1.82) is 5.26 Å². The van der Waals surface area contributed by atoms with Crippen molar-refractivity contribution in [3.05, 3.63) is 29.6 Å². The van der Waals surface area contributed by atoms with E-state index in [1.54, 1.807) is 0 Å². The van der Waals surface area contributed by atoms with Crippen molar-refractivity contribution in [1.82, 2.24) is 9.97 Å². The third-order valence-corrected chi connectivity index (χ3v) is 6.17. The number of aromatic nitrogens is 2. The van der Waals surface area contributed by atoms with Gasteiger partial charge in [-0.3, -0.25) is 0 Å². The van der Waals surface area contributed by atoms with Crippen LogP contribution in [0.1, 0.15) is 49.9 Å². The largest absolute Gasteiger partial charge is 0.341 e. The summed E-state index contributed by atoms with van der Waals surface area (Å²) in [6.45, 7) is 0. The average molecular weight is 277 g/mol. The zero-order chi connectivity index (χ0) is 14.0. The fourth-order valence-corrected chi connectivity index (χ4v) is 5.77. The average Bonchev–Trinajstić information content (AvgIpc) is 2.90. The maximum atomic E-state index is 9.28. The summed E-state index contributed by atoms with van der Waals surface area (Å²) in [5.41, 5.74) is 2.87. The normalized spacial score (nSPS) is 37.0. The molecule has 1 N–H and O–H groups in total. The molecule has 0 amide bonds. The van der Waals surface area contributed by atoms with Gasteiger partial charge in [0, 0.05) is 5.41 Å². The summed E-state index contributed by atoms with van der Waals surface area (Å²) in [6.07, 6.45) is 8.26. The van der Waals surface area contributed by atoms with Gasteiger partial charge in [-0.1, -0.05) is 6.07 Å². The molecule has 2 aromatic rings. The molecular weight excluding hydrogens is 258 g/mol. The number of benzene rings is 1. The molecule has 106 valence electrons. The van der Waals surface area contributed by atoms with Gasteiger partial charge in [0.05, 0.1) is 11.1 Å². The van der Waals surface area contributed by atoms with Crippen molar-refractivity contribution in [2.75, 3.05) is 0 Å². The molecule has 0 saturated heterocycles. The molecule has 4 fully saturated rings. The Labute approximate surface area is 124 Å². The van der Waals surface area contributed by atoms with Gasteiger partial charge in [-0.15, -0.1) is 0 Å². The van der Waals surface area contributed by atoms with Crippen LogP contribution >= 0.6 is 0 Å². The number of rotatable bonds is 1. The van der Waals surface area contributed by atoms with Crippen molar-refractivity contribution < 1.29 is 0 Å². The van der Waals surface area contributed by atoms with Crippen molar-refractivity contribution in [2.45, 2.75) is 43.9 Å². The minimum absolute atomic E-state index is 0.278. The Morgan fingerprint density at radius 3 is 2.38 bits per heavy atom. The second kappa shape index (κ2) is 3.88. The van der Waals surface area contributed by atoms with Crippen molar-refractivity contribution >= 4 is 11.0 Å². The SMILES string of the molecule is N#Cc1cccc2[nH]c(C34CC5CC(CC(C5)C3)C4)nc12. The zero-order valence-electron chi connectivity index (χ0n) is 12.1. The smallest absolute Gasteiger partial charge is 0.113 e. The molecule has 0 unspecified atom stereocenters. The predicted octanol–water partition coefficient (Wildman–Crippen LogP) is 3.90. The molecule has 4 saturated carbocycles. The third kappa shape index (κ3) is 1.56. The number of imidazole rings is 1. The van der Waals surface area contributed by atoms with Crippen LogP contribution in [0.2, 0.25) is 0 Å². The van der Waals surface area contributed by atoms with E-state index in [4.69, 9.17) is 4.98 Å². The topological polar surface area (TPSA) is 52.5 Å². The Bertz CT molecular complexity index is 729. The van der Waals surface area contributed by atoms with Crippen molar-refractivity contribution in [2.24, 2.45) is 17.8 Å². The minimum atomic E-state index is 0.278. The highest BCUT2D eigenvalue weighted by molar-refractivity contribution is 5.81. The molecule has 4 bridgehead atoms. The van der Waals surface area contributed by atoms with Crippen LogP contribution in [0.5, 0.6) is 0 Å². The van der Waals surface area contributed by atoms with Crippen LogP contribution in [-0.2, 0) is 5.41 Å². The highest BCUT2D eigenvalue weighted by Crippen LogP contribution is 2.60. The summed E-state index contributed by atoms with van der Waals surface area (Å²) in [5.74, 6) is 3.92. The minimum Gasteiger partial charge on any atom is -0.341 e. The third-order valence-electron chi connectivity index (χ3n) is 6.17. The fraction of sp³-hybridized carbons (Fsp3) is 0.556. The first-order chi connectivity index (χ1) is 10.3. The Balaban J connectivity index is 1.66. The lowest BCUT2D eigenvalue weighted by Gasteiger charge is -2.55. The summed E-state index contributed by atoms with van der Waals surface area (Å²) >= 11 is 0. The molecule has 1 aromatic heterocycles. The lowest BCUT2D eigenvalue weighted by atomic mass is 9.49. The number of para-hydroxylation sites is 1. The van der Waals surface area contributed by atoms with Gasteiger partial charge in [-0.2, -0.15) is 5.26 Å². The second-order valence-corrected chi connectivity index (χ2v) is 7.60. The first-order valence-corrected chi connectivity index (χ1v) is 8.15. The molecule has 3 heteroatoms. The van der Waals surface area contributed by atoms with E-state index < -0.39 is 0 Å². The lowest BCUT2D eigenvalue weighted by Crippen LogP contribution is -2.49. The van der Waals surface area contributed by atoms with E-state index in [1.807, 2.05) is 18.2 Å². The van der Waals surface area contributed by atoms with Gasteiger partial charge in [0.25, 0.3) is 0 Å². The number of aromatic amines is 1. The quantitative estimate of drug-likeness (QED) is 0.859. The maximum Gasteiger partial charge on any atom is 0.113 e. The van der Waals surface area contributed by atoms with Crippen LogP contribution in [-0.4, -0.2) is 9.97 Å². The van der Waals surface area contributed by atoms with Crippen LogP contribution in [0, 0.1) is 29.1 Å². The molecule has 0 aliphatic heterocycles. The first-order valence-electron chi connectivity index (χ1n) is 8.15. The van der Waals surface area contributed by atoms with Crippen LogP contribution in [0.4, 0.5) is 0 Å². The van der Waals surface area contributed by atoms with E-state index >= 15 is 0 Å². The maximum absolute atomic E-state index is 9.28. The van der Waals surface area contributed by atoms with Crippen molar-refractivity contribution in [3.8, 4) is 6.07 Å². The molecule has 4 aliphatic rings. The van der Waals surface area contributed by atoms with E-state index in [0.717, 1.165) is 28.8 Å². The van der Waals surface area contributed by atoms with Gasteiger partial charge in [0.2, 0.25) is 0 Å². The molecule has 0 atom stereocenters. The number of H-pyrrole nitrogens is 1. The molecule has 3 nitrogen and oxygen atoms in total. The highest BCUT2D eigenvalue weighted by Gasteiger charge is 2.53. The Morgan fingerprint density at radius 1 is 1.10 bits per heavy atom. The van der Waals surface area contributed by atoms with Gasteiger partial charge in [-0.05, 0) is 68.4 Å². The first kappa shape index (κ1) is 11.8. The number of hydrogen-bond donors (Lipinski definition) is 1. The van der Waals surface area contributed by atoms with Gasteiger partial charge < -0.3 is 4.98 Å². The highest BCUT2D eigenvalue weighted by atomic mass is 15.0. The summed E-state index contributed by atoms with van der Waals surface area (Å²) in [4.78, 5) is 8.46. The molecule has 1 heterocycles. The second-order valence-electron chi connectivity index (χ2n) is 7.60. The van der Waals surface area contributed by atoms with E-state index in [0.29, 0.717) is 5.56 Å². The molecule has 1 aromatic carbocycles. The lowest BCUT2D eigenvalue weighted by molar-refractivity contribution is -0.00886.